The Balaban J connectivity index is 1.82. The van der Waals surface area contributed by atoms with Gasteiger partial charge in [0, 0.05) is 6.54 Å². The normalized spacial score (nSPS) is 18.9. The average Bonchev–Trinajstić information content (AvgIpc) is 2.96. The molecule has 0 saturated heterocycles. The smallest absolute Gasteiger partial charge is 0.390 e. The Bertz CT molecular complexity index is 441. The largest absolute Gasteiger partial charge is 0.455 e. The second-order valence-electron chi connectivity index (χ2n) is 5.43. The molecule has 0 amide bonds. The van der Waals surface area contributed by atoms with Gasteiger partial charge in [0.15, 0.2) is 0 Å². The van der Waals surface area contributed by atoms with Crippen LogP contribution in [-0.4, -0.2) is 39.3 Å². The molecule has 1 N–H and O–H groups in total. The molecule has 0 bridgehead atoms. The van der Waals surface area contributed by atoms with E-state index in [0.29, 0.717) is 13.0 Å². The van der Waals surface area contributed by atoms with Crippen molar-refractivity contribution >= 4 is 0 Å². The zero-order valence-corrected chi connectivity index (χ0v) is 11.3. The highest BCUT2D eigenvalue weighted by Gasteiger charge is 2.37. The van der Waals surface area contributed by atoms with Gasteiger partial charge in [-0.2, -0.15) is 18.2 Å². The summed E-state index contributed by atoms with van der Waals surface area (Å²) in [6.07, 6.45) is -0.347. The second kappa shape index (κ2) is 5.69. The molecule has 2 rings (SSSR count). The molecule has 1 heterocycles. The van der Waals surface area contributed by atoms with E-state index in [-0.39, 0.29) is 12.4 Å². The number of nitrogens with zero attached hydrogens (tertiary/aromatic N) is 3. The SMILES string of the molecule is CN(CCC1(O)CCCC1)Cc1nc(C(F)(F)F)no1. The van der Waals surface area contributed by atoms with Crippen LogP contribution in [0, 0.1) is 0 Å². The zero-order chi connectivity index (χ0) is 14.8. The predicted molar refractivity (Wildman–Crippen MR) is 63.7 cm³/mol. The van der Waals surface area contributed by atoms with E-state index in [1.165, 1.54) is 0 Å². The number of aliphatic hydroxyl groups is 1. The lowest BCUT2D eigenvalue weighted by Crippen LogP contribution is -2.31. The van der Waals surface area contributed by atoms with Crippen LogP contribution in [0.1, 0.15) is 43.8 Å². The van der Waals surface area contributed by atoms with Gasteiger partial charge in [-0.25, -0.2) is 0 Å². The van der Waals surface area contributed by atoms with Crippen LogP contribution < -0.4 is 0 Å². The number of halogens is 3. The summed E-state index contributed by atoms with van der Waals surface area (Å²) >= 11 is 0. The molecule has 0 unspecified atom stereocenters. The van der Waals surface area contributed by atoms with Crippen molar-refractivity contribution < 1.29 is 22.8 Å². The molecule has 20 heavy (non-hydrogen) atoms. The molecule has 5 nitrogen and oxygen atoms in total. The second-order valence-corrected chi connectivity index (χ2v) is 5.43. The summed E-state index contributed by atoms with van der Waals surface area (Å²) in [5, 5.41) is 13.1. The van der Waals surface area contributed by atoms with Crippen molar-refractivity contribution in [3.63, 3.8) is 0 Å². The molecule has 0 radical (unpaired) electrons. The van der Waals surface area contributed by atoms with Crippen LogP contribution in [0.2, 0.25) is 0 Å². The Labute approximate surface area is 114 Å². The van der Waals surface area contributed by atoms with E-state index in [1.54, 1.807) is 11.9 Å². The van der Waals surface area contributed by atoms with E-state index in [4.69, 9.17) is 0 Å². The van der Waals surface area contributed by atoms with Crippen molar-refractivity contribution in [3.8, 4) is 0 Å². The van der Waals surface area contributed by atoms with Crippen molar-refractivity contribution in [1.29, 1.82) is 0 Å². The van der Waals surface area contributed by atoms with Gasteiger partial charge in [0.05, 0.1) is 12.1 Å². The van der Waals surface area contributed by atoms with Gasteiger partial charge in [-0.3, -0.25) is 4.90 Å². The summed E-state index contributed by atoms with van der Waals surface area (Å²) in [7, 11) is 1.75. The molecule has 0 atom stereocenters. The minimum absolute atomic E-state index is 0.0711. The Morgan fingerprint density at radius 3 is 2.55 bits per heavy atom. The van der Waals surface area contributed by atoms with Crippen LogP contribution in [-0.2, 0) is 12.7 Å². The van der Waals surface area contributed by atoms with Gasteiger partial charge in [0.25, 0.3) is 5.82 Å². The van der Waals surface area contributed by atoms with Crippen molar-refractivity contribution in [2.45, 2.75) is 50.4 Å². The van der Waals surface area contributed by atoms with Gasteiger partial charge in [-0.05, 0) is 26.3 Å². The predicted octanol–water partition coefficient (Wildman–Crippen LogP) is 2.22. The fourth-order valence-electron chi connectivity index (χ4n) is 2.43. The highest BCUT2D eigenvalue weighted by atomic mass is 19.4. The van der Waals surface area contributed by atoms with Crippen LogP contribution in [0.3, 0.4) is 0 Å². The highest BCUT2D eigenvalue weighted by Crippen LogP contribution is 2.32. The van der Waals surface area contributed by atoms with Gasteiger partial charge in [-0.1, -0.05) is 18.0 Å². The van der Waals surface area contributed by atoms with E-state index in [2.05, 4.69) is 14.7 Å². The third kappa shape index (κ3) is 3.92. The van der Waals surface area contributed by atoms with Crippen LogP contribution in [0.15, 0.2) is 4.52 Å². The van der Waals surface area contributed by atoms with Gasteiger partial charge >= 0.3 is 6.18 Å². The molecular weight excluding hydrogens is 275 g/mol. The first kappa shape index (κ1) is 15.2. The molecule has 0 spiro atoms. The lowest BCUT2D eigenvalue weighted by Gasteiger charge is -2.24. The number of rotatable bonds is 5. The first-order valence-electron chi connectivity index (χ1n) is 6.59. The molecule has 8 heteroatoms. The van der Waals surface area contributed by atoms with Crippen molar-refractivity contribution in [3.05, 3.63) is 11.7 Å². The fraction of sp³-hybridized carbons (Fsp3) is 0.833. The Morgan fingerprint density at radius 1 is 1.35 bits per heavy atom. The average molecular weight is 293 g/mol. The summed E-state index contributed by atoms with van der Waals surface area (Å²) < 4.78 is 41.5. The molecule has 1 aliphatic rings. The number of aromatic nitrogens is 2. The third-order valence-electron chi connectivity index (χ3n) is 3.62. The molecule has 1 fully saturated rings. The lowest BCUT2D eigenvalue weighted by atomic mass is 9.98. The third-order valence-corrected chi connectivity index (χ3v) is 3.62. The minimum atomic E-state index is -4.58. The van der Waals surface area contributed by atoms with Crippen LogP contribution in [0.4, 0.5) is 13.2 Å². The van der Waals surface area contributed by atoms with Gasteiger partial charge < -0.3 is 9.63 Å². The Kier molecular flexibility index (Phi) is 4.33. The minimum Gasteiger partial charge on any atom is -0.390 e. The van der Waals surface area contributed by atoms with Crippen molar-refractivity contribution in [1.82, 2.24) is 15.0 Å². The van der Waals surface area contributed by atoms with Gasteiger partial charge in [0.2, 0.25) is 5.89 Å². The number of alkyl halides is 3. The van der Waals surface area contributed by atoms with Crippen molar-refractivity contribution in [2.75, 3.05) is 13.6 Å². The van der Waals surface area contributed by atoms with E-state index >= 15 is 0 Å². The Morgan fingerprint density at radius 2 is 2.00 bits per heavy atom. The summed E-state index contributed by atoms with van der Waals surface area (Å²) in [4.78, 5) is 5.08. The van der Waals surface area contributed by atoms with Crippen LogP contribution >= 0.6 is 0 Å². The summed E-state index contributed by atoms with van der Waals surface area (Å²) in [6, 6.07) is 0. The lowest BCUT2D eigenvalue weighted by molar-refractivity contribution is -0.146. The maximum atomic E-state index is 12.3. The molecule has 1 aromatic heterocycles. The van der Waals surface area contributed by atoms with Crippen LogP contribution in [0.5, 0.6) is 0 Å². The van der Waals surface area contributed by atoms with Crippen molar-refractivity contribution in [2.24, 2.45) is 0 Å². The Hall–Kier alpha value is -1.15. The molecule has 0 aromatic carbocycles. The molecular formula is C12H18F3N3O2. The van der Waals surface area contributed by atoms with E-state index in [9.17, 15) is 18.3 Å². The van der Waals surface area contributed by atoms with Crippen LogP contribution in [0.25, 0.3) is 0 Å². The topological polar surface area (TPSA) is 62.4 Å². The fourth-order valence-corrected chi connectivity index (χ4v) is 2.43. The summed E-state index contributed by atoms with van der Waals surface area (Å²) in [6.45, 7) is 0.708. The molecule has 1 aromatic rings. The monoisotopic (exact) mass is 293 g/mol. The molecule has 1 aliphatic carbocycles. The summed E-state index contributed by atoms with van der Waals surface area (Å²) in [5.41, 5.74) is -0.625. The molecule has 1 saturated carbocycles. The molecule has 0 aliphatic heterocycles. The van der Waals surface area contributed by atoms with E-state index in [0.717, 1.165) is 25.7 Å². The highest BCUT2D eigenvalue weighted by molar-refractivity contribution is 4.91. The maximum Gasteiger partial charge on any atom is 0.455 e. The zero-order valence-electron chi connectivity index (χ0n) is 11.3. The first-order chi connectivity index (χ1) is 9.28. The number of hydrogen-bond acceptors (Lipinski definition) is 5. The van der Waals surface area contributed by atoms with E-state index < -0.39 is 17.6 Å². The summed E-state index contributed by atoms with van der Waals surface area (Å²) in [5.74, 6) is -1.33. The molecule has 114 valence electrons. The quantitative estimate of drug-likeness (QED) is 0.902. The maximum absolute atomic E-state index is 12.3. The van der Waals surface area contributed by atoms with Gasteiger partial charge in [-0.15, -0.1) is 0 Å². The van der Waals surface area contributed by atoms with E-state index in [1.807, 2.05) is 0 Å². The first-order valence-corrected chi connectivity index (χ1v) is 6.59. The van der Waals surface area contributed by atoms with Gasteiger partial charge in [0.1, 0.15) is 0 Å². The standard InChI is InChI=1S/C12H18F3N3O2/c1-18(7-6-11(19)4-2-3-5-11)8-9-16-10(17-20-9)12(13,14)15/h19H,2-8H2,1H3. The number of hydrogen-bond donors (Lipinski definition) is 1.